The zero-order valence-corrected chi connectivity index (χ0v) is 8.86. The van der Waals surface area contributed by atoms with Gasteiger partial charge in [-0.2, -0.15) is 0 Å². The molecule has 0 bridgehead atoms. The molecule has 0 aromatic carbocycles. The molecule has 0 aliphatic carbocycles. The first-order valence-corrected chi connectivity index (χ1v) is 4.42. The van der Waals surface area contributed by atoms with Crippen molar-refractivity contribution in [2.24, 2.45) is 0 Å². The molecule has 0 unspecified atom stereocenters. The summed E-state index contributed by atoms with van der Waals surface area (Å²) in [5.74, 6) is -0.393. The van der Waals surface area contributed by atoms with Crippen molar-refractivity contribution in [1.29, 1.82) is 0 Å². The predicted molar refractivity (Wildman–Crippen MR) is 48.7 cm³/mol. The smallest absolute Gasteiger partial charge is 0.411 e. The lowest BCUT2D eigenvalue weighted by atomic mass is 10.2. The van der Waals surface area contributed by atoms with E-state index in [-0.39, 0.29) is 0 Å². The van der Waals surface area contributed by atoms with Crippen molar-refractivity contribution in [3.05, 3.63) is 0 Å². The lowest BCUT2D eigenvalue weighted by Gasteiger charge is -2.19. The molecule has 5 heteroatoms. The minimum atomic E-state index is -0.527. The summed E-state index contributed by atoms with van der Waals surface area (Å²) in [4.78, 5) is 23.7. The number of amides is 1. The Kier molecular flexibility index (Phi) is 2.69. The lowest BCUT2D eigenvalue weighted by Crippen LogP contribution is -2.29. The van der Waals surface area contributed by atoms with Crippen LogP contribution in [0.15, 0.2) is 0 Å². The maximum atomic E-state index is 11.3. The molecule has 1 aliphatic heterocycles. The molecule has 0 aromatic heterocycles. The Bertz CT molecular complexity index is 256. The van der Waals surface area contributed by atoms with E-state index in [1.54, 1.807) is 20.8 Å². The van der Waals surface area contributed by atoms with Crippen molar-refractivity contribution in [3.63, 3.8) is 0 Å². The van der Waals surface area contributed by atoms with Crippen LogP contribution in [0.25, 0.3) is 0 Å². The molecule has 14 heavy (non-hydrogen) atoms. The molecule has 1 rings (SSSR count). The molecule has 1 aliphatic rings. The third-order valence-corrected chi connectivity index (χ3v) is 1.71. The molecule has 80 valence electrons. The maximum absolute atomic E-state index is 11.3. The summed E-state index contributed by atoms with van der Waals surface area (Å²) >= 11 is 0. The van der Waals surface area contributed by atoms with Gasteiger partial charge in [0.05, 0.1) is 13.7 Å². The van der Waals surface area contributed by atoms with Crippen molar-refractivity contribution < 1.29 is 19.1 Å². The van der Waals surface area contributed by atoms with Gasteiger partial charge in [0.1, 0.15) is 5.60 Å². The minimum absolute atomic E-state index is 0.390. The van der Waals surface area contributed by atoms with Gasteiger partial charge in [-0.1, -0.05) is 0 Å². The third-order valence-electron chi connectivity index (χ3n) is 1.71. The van der Waals surface area contributed by atoms with E-state index >= 15 is 0 Å². The summed E-state index contributed by atoms with van der Waals surface area (Å²) in [5.41, 5.74) is -0.527. The van der Waals surface area contributed by atoms with Gasteiger partial charge in [-0.3, -0.25) is 4.90 Å². The fourth-order valence-electron chi connectivity index (χ4n) is 0.999. The van der Waals surface area contributed by atoms with Crippen LogP contribution in [0.3, 0.4) is 0 Å². The predicted octanol–water partition coefficient (Wildman–Crippen LogP) is 0.779. The highest BCUT2D eigenvalue weighted by Crippen LogP contribution is 2.22. The first kappa shape index (κ1) is 10.8. The molecule has 0 aromatic rings. The van der Waals surface area contributed by atoms with E-state index in [1.165, 1.54) is 12.0 Å². The second-order valence-electron chi connectivity index (χ2n) is 4.17. The molecule has 0 N–H and O–H groups in total. The number of carbonyl (C=O) groups is 2. The largest absolute Gasteiger partial charge is 0.467 e. The first-order valence-electron chi connectivity index (χ1n) is 4.42. The first-order chi connectivity index (χ1) is 6.35. The Labute approximate surface area is 83.0 Å². The summed E-state index contributed by atoms with van der Waals surface area (Å²) in [6.07, 6.45) is -0.465. The number of hydrogen-bond acceptors (Lipinski definition) is 4. The maximum Gasteiger partial charge on any atom is 0.411 e. The van der Waals surface area contributed by atoms with Gasteiger partial charge < -0.3 is 9.47 Å². The van der Waals surface area contributed by atoms with Crippen molar-refractivity contribution in [2.75, 3.05) is 13.7 Å². The van der Waals surface area contributed by atoms with Crippen LogP contribution in [0, 0.1) is 0 Å². The van der Waals surface area contributed by atoms with Gasteiger partial charge in [-0.05, 0) is 20.8 Å². The molecule has 0 radical (unpaired) electrons. The van der Waals surface area contributed by atoms with Crippen LogP contribution in [-0.2, 0) is 14.3 Å². The Morgan fingerprint density at radius 1 is 1.36 bits per heavy atom. The van der Waals surface area contributed by atoms with Gasteiger partial charge in [0.2, 0.25) is 0 Å². The number of hydrogen-bond donors (Lipinski definition) is 0. The highest BCUT2D eigenvalue weighted by Gasteiger charge is 2.47. The van der Waals surface area contributed by atoms with Gasteiger partial charge in [0, 0.05) is 0 Å². The lowest BCUT2D eigenvalue weighted by molar-refractivity contribution is -0.140. The SMILES string of the molecule is COC(=O)[C@H]1CN1C(=O)OC(C)(C)C. The highest BCUT2D eigenvalue weighted by atomic mass is 16.6. The molecule has 1 saturated heterocycles. The van der Waals surface area contributed by atoms with Crippen molar-refractivity contribution in [1.82, 2.24) is 4.90 Å². The average Bonchev–Trinajstić information content (AvgIpc) is 2.78. The Hall–Kier alpha value is -1.26. The molecular weight excluding hydrogens is 186 g/mol. The number of esters is 1. The van der Waals surface area contributed by atoms with Crippen LogP contribution in [0.2, 0.25) is 0 Å². The van der Waals surface area contributed by atoms with E-state index in [9.17, 15) is 9.59 Å². The minimum Gasteiger partial charge on any atom is -0.467 e. The summed E-state index contributed by atoms with van der Waals surface area (Å²) in [6, 6.07) is -0.449. The molecule has 1 amide bonds. The van der Waals surface area contributed by atoms with E-state index in [1.807, 2.05) is 0 Å². The van der Waals surface area contributed by atoms with Gasteiger partial charge in [0.25, 0.3) is 0 Å². The van der Waals surface area contributed by atoms with Crippen LogP contribution < -0.4 is 0 Å². The van der Waals surface area contributed by atoms with E-state index in [4.69, 9.17) is 4.74 Å². The summed E-state index contributed by atoms with van der Waals surface area (Å²) in [7, 11) is 1.30. The molecule has 1 atom stereocenters. The second-order valence-corrected chi connectivity index (χ2v) is 4.17. The molecule has 1 heterocycles. The van der Waals surface area contributed by atoms with Crippen LogP contribution >= 0.6 is 0 Å². The summed E-state index contributed by atoms with van der Waals surface area (Å²) in [5, 5.41) is 0. The Morgan fingerprint density at radius 3 is 2.36 bits per heavy atom. The zero-order valence-electron chi connectivity index (χ0n) is 8.86. The second kappa shape index (κ2) is 3.48. The van der Waals surface area contributed by atoms with Crippen molar-refractivity contribution in [2.45, 2.75) is 32.4 Å². The van der Waals surface area contributed by atoms with Gasteiger partial charge >= 0.3 is 12.1 Å². The number of ether oxygens (including phenoxy) is 2. The highest BCUT2D eigenvalue weighted by molar-refractivity contribution is 5.86. The number of methoxy groups -OCH3 is 1. The molecule has 0 spiro atoms. The Morgan fingerprint density at radius 2 is 1.93 bits per heavy atom. The van der Waals surface area contributed by atoms with Crippen LogP contribution in [0.4, 0.5) is 4.79 Å². The van der Waals surface area contributed by atoms with Gasteiger partial charge in [0.15, 0.2) is 6.04 Å². The van der Waals surface area contributed by atoms with Gasteiger partial charge in [-0.15, -0.1) is 0 Å². The number of rotatable bonds is 1. The average molecular weight is 201 g/mol. The van der Waals surface area contributed by atoms with E-state index < -0.39 is 23.7 Å². The summed E-state index contributed by atoms with van der Waals surface area (Å²) in [6.45, 7) is 5.73. The number of carbonyl (C=O) groups excluding carboxylic acids is 2. The van der Waals surface area contributed by atoms with E-state index in [2.05, 4.69) is 4.74 Å². The van der Waals surface area contributed by atoms with E-state index in [0.717, 1.165) is 0 Å². The molecular formula is C9H15NO4. The van der Waals surface area contributed by atoms with Gasteiger partial charge in [-0.25, -0.2) is 9.59 Å². The molecule has 0 saturated carbocycles. The normalized spacial score (nSPS) is 20.3. The summed E-state index contributed by atoms with van der Waals surface area (Å²) < 4.78 is 9.56. The Balaban J connectivity index is 2.40. The van der Waals surface area contributed by atoms with Crippen LogP contribution in [0.1, 0.15) is 20.8 Å². The van der Waals surface area contributed by atoms with Crippen molar-refractivity contribution in [3.8, 4) is 0 Å². The fraction of sp³-hybridized carbons (Fsp3) is 0.778. The van der Waals surface area contributed by atoms with Crippen LogP contribution in [-0.4, -0.2) is 42.3 Å². The van der Waals surface area contributed by atoms with Crippen LogP contribution in [0.5, 0.6) is 0 Å². The number of nitrogens with zero attached hydrogens (tertiary/aromatic N) is 1. The fourth-order valence-corrected chi connectivity index (χ4v) is 0.999. The zero-order chi connectivity index (χ0) is 10.9. The molecule has 5 nitrogen and oxygen atoms in total. The standard InChI is InChI=1S/C9H15NO4/c1-9(2,3)14-8(12)10-5-6(10)7(11)13-4/h6H,5H2,1-4H3/t6-,10?/m1/s1. The monoisotopic (exact) mass is 201 g/mol. The topological polar surface area (TPSA) is 55.6 Å². The van der Waals surface area contributed by atoms with E-state index in [0.29, 0.717) is 6.54 Å². The quantitative estimate of drug-likeness (QED) is 0.464. The van der Waals surface area contributed by atoms with Crippen molar-refractivity contribution >= 4 is 12.1 Å². The molecule has 1 fully saturated rings. The third kappa shape index (κ3) is 2.61.